The second-order valence-electron chi connectivity index (χ2n) is 3.69. The number of hydrogen-bond donors (Lipinski definition) is 2. The van der Waals surface area contributed by atoms with Gasteiger partial charge in [0.05, 0.1) is 26.9 Å². The van der Waals surface area contributed by atoms with Gasteiger partial charge in [0.25, 0.3) is 0 Å². The maximum Gasteiger partial charge on any atom is 0.119 e. The zero-order valence-electron chi connectivity index (χ0n) is 10.3. The quantitative estimate of drug-likeness (QED) is 0.627. The van der Waals surface area contributed by atoms with E-state index >= 15 is 0 Å². The predicted molar refractivity (Wildman–Crippen MR) is 67.5 cm³/mol. The van der Waals surface area contributed by atoms with Crippen molar-refractivity contribution in [2.45, 2.75) is 6.42 Å². The summed E-state index contributed by atoms with van der Waals surface area (Å²) in [5, 5.41) is 11.8. The van der Waals surface area contributed by atoms with Crippen LogP contribution in [0.25, 0.3) is 0 Å². The third-order valence-electron chi connectivity index (χ3n) is 2.38. The first-order valence-corrected chi connectivity index (χ1v) is 5.89. The first-order chi connectivity index (χ1) is 8.36. The maximum absolute atomic E-state index is 8.51. The van der Waals surface area contributed by atoms with Crippen LogP contribution in [-0.4, -0.2) is 45.1 Å². The highest BCUT2D eigenvalue weighted by Crippen LogP contribution is 2.12. The first-order valence-electron chi connectivity index (χ1n) is 5.89. The highest BCUT2D eigenvalue weighted by molar-refractivity contribution is 5.28. The van der Waals surface area contributed by atoms with Crippen molar-refractivity contribution in [1.29, 1.82) is 0 Å². The largest absolute Gasteiger partial charge is 0.497 e. The molecule has 17 heavy (non-hydrogen) atoms. The van der Waals surface area contributed by atoms with Gasteiger partial charge in [-0.25, -0.2) is 0 Å². The third kappa shape index (κ3) is 6.26. The fourth-order valence-corrected chi connectivity index (χ4v) is 1.50. The van der Waals surface area contributed by atoms with Gasteiger partial charge in [-0.05, 0) is 30.7 Å². The number of benzene rings is 1. The van der Waals surface area contributed by atoms with Crippen molar-refractivity contribution in [3.8, 4) is 5.75 Å². The number of rotatable bonds is 9. The summed E-state index contributed by atoms with van der Waals surface area (Å²) in [5.41, 5.74) is 1.26. The zero-order valence-corrected chi connectivity index (χ0v) is 10.3. The third-order valence-corrected chi connectivity index (χ3v) is 2.38. The van der Waals surface area contributed by atoms with Gasteiger partial charge < -0.3 is 19.9 Å². The molecule has 4 nitrogen and oxygen atoms in total. The van der Waals surface area contributed by atoms with Crippen LogP contribution in [0.5, 0.6) is 5.75 Å². The van der Waals surface area contributed by atoms with Crippen molar-refractivity contribution in [2.75, 3.05) is 40.0 Å². The molecule has 1 aromatic rings. The summed E-state index contributed by atoms with van der Waals surface area (Å²) in [7, 11) is 1.68. The van der Waals surface area contributed by atoms with Crippen molar-refractivity contribution in [3.63, 3.8) is 0 Å². The lowest BCUT2D eigenvalue weighted by Gasteiger charge is -2.06. The molecule has 0 unspecified atom stereocenters. The Morgan fingerprint density at radius 1 is 1.24 bits per heavy atom. The summed E-state index contributed by atoms with van der Waals surface area (Å²) in [5.74, 6) is 0.897. The Morgan fingerprint density at radius 2 is 2.12 bits per heavy atom. The number of methoxy groups -OCH3 is 1. The van der Waals surface area contributed by atoms with E-state index in [0.29, 0.717) is 13.2 Å². The standard InChI is InChI=1S/C13H21NO3/c1-16-13-4-2-3-12(11-13)5-6-14-7-9-17-10-8-15/h2-4,11,14-15H,5-10H2,1H3. The maximum atomic E-state index is 8.51. The molecule has 4 heteroatoms. The Hall–Kier alpha value is -1.10. The average molecular weight is 239 g/mol. The Morgan fingerprint density at radius 3 is 2.88 bits per heavy atom. The molecule has 0 fully saturated rings. The van der Waals surface area contributed by atoms with Crippen molar-refractivity contribution < 1.29 is 14.6 Å². The van der Waals surface area contributed by atoms with Crippen LogP contribution in [0.3, 0.4) is 0 Å². The fourth-order valence-electron chi connectivity index (χ4n) is 1.50. The number of aliphatic hydroxyl groups is 1. The summed E-state index contributed by atoms with van der Waals surface area (Å²) >= 11 is 0. The van der Waals surface area contributed by atoms with Crippen LogP contribution < -0.4 is 10.1 Å². The van der Waals surface area contributed by atoms with Gasteiger partial charge in [-0.15, -0.1) is 0 Å². The second kappa shape index (κ2) is 8.98. The minimum Gasteiger partial charge on any atom is -0.497 e. The van der Waals surface area contributed by atoms with Gasteiger partial charge in [-0.1, -0.05) is 12.1 Å². The first kappa shape index (κ1) is 14.0. The average Bonchev–Trinajstić information content (AvgIpc) is 2.38. The molecule has 0 spiro atoms. The Balaban J connectivity index is 2.09. The van der Waals surface area contributed by atoms with E-state index in [0.717, 1.165) is 25.3 Å². The summed E-state index contributed by atoms with van der Waals surface area (Å²) in [4.78, 5) is 0. The molecule has 0 bridgehead atoms. The van der Waals surface area contributed by atoms with Crippen LogP contribution in [0.1, 0.15) is 5.56 Å². The highest BCUT2D eigenvalue weighted by atomic mass is 16.5. The van der Waals surface area contributed by atoms with Crippen LogP contribution in [0.4, 0.5) is 0 Å². The minimum atomic E-state index is 0.0871. The molecule has 0 aliphatic rings. The second-order valence-corrected chi connectivity index (χ2v) is 3.69. The molecule has 0 saturated heterocycles. The predicted octanol–water partition coefficient (Wildman–Crippen LogP) is 0.836. The molecule has 96 valence electrons. The van der Waals surface area contributed by atoms with Crippen molar-refractivity contribution in [3.05, 3.63) is 29.8 Å². The van der Waals surface area contributed by atoms with E-state index in [4.69, 9.17) is 14.6 Å². The molecule has 0 atom stereocenters. The van der Waals surface area contributed by atoms with Crippen LogP contribution in [0.15, 0.2) is 24.3 Å². The molecule has 0 aromatic heterocycles. The molecule has 0 radical (unpaired) electrons. The van der Waals surface area contributed by atoms with E-state index in [1.807, 2.05) is 18.2 Å². The monoisotopic (exact) mass is 239 g/mol. The number of nitrogens with one attached hydrogen (secondary N) is 1. The van der Waals surface area contributed by atoms with E-state index < -0.39 is 0 Å². The Bertz CT molecular complexity index is 304. The number of hydrogen-bond acceptors (Lipinski definition) is 4. The molecule has 1 aromatic carbocycles. The van der Waals surface area contributed by atoms with Crippen molar-refractivity contribution in [1.82, 2.24) is 5.32 Å². The smallest absolute Gasteiger partial charge is 0.119 e. The van der Waals surface area contributed by atoms with Crippen LogP contribution in [0.2, 0.25) is 0 Å². The summed E-state index contributed by atoms with van der Waals surface area (Å²) in [6.45, 7) is 2.86. The van der Waals surface area contributed by atoms with E-state index in [-0.39, 0.29) is 6.61 Å². The summed E-state index contributed by atoms with van der Waals surface area (Å²) in [6.07, 6.45) is 0.969. The number of aliphatic hydroxyl groups excluding tert-OH is 1. The van der Waals surface area contributed by atoms with E-state index in [1.165, 1.54) is 5.56 Å². The summed E-state index contributed by atoms with van der Waals surface area (Å²) in [6, 6.07) is 8.08. The Labute approximate surface area is 103 Å². The Kier molecular flexibility index (Phi) is 7.38. The van der Waals surface area contributed by atoms with Gasteiger partial charge >= 0.3 is 0 Å². The topological polar surface area (TPSA) is 50.7 Å². The van der Waals surface area contributed by atoms with Crippen molar-refractivity contribution in [2.24, 2.45) is 0 Å². The van der Waals surface area contributed by atoms with E-state index in [1.54, 1.807) is 7.11 Å². The zero-order chi connectivity index (χ0) is 12.3. The van der Waals surface area contributed by atoms with Gasteiger partial charge in [-0.2, -0.15) is 0 Å². The lowest BCUT2D eigenvalue weighted by molar-refractivity contribution is 0.0940. The lowest BCUT2D eigenvalue weighted by atomic mass is 10.1. The van der Waals surface area contributed by atoms with Gasteiger partial charge in [0.1, 0.15) is 5.75 Å². The van der Waals surface area contributed by atoms with Crippen LogP contribution in [0, 0.1) is 0 Å². The molecule has 0 saturated carbocycles. The molecule has 0 amide bonds. The molecular weight excluding hydrogens is 218 g/mol. The molecule has 0 aliphatic carbocycles. The van der Waals surface area contributed by atoms with Gasteiger partial charge in [-0.3, -0.25) is 0 Å². The van der Waals surface area contributed by atoms with Gasteiger partial charge in [0.15, 0.2) is 0 Å². The van der Waals surface area contributed by atoms with Crippen LogP contribution in [-0.2, 0) is 11.2 Å². The van der Waals surface area contributed by atoms with E-state index in [2.05, 4.69) is 11.4 Å². The normalized spacial score (nSPS) is 10.5. The van der Waals surface area contributed by atoms with Gasteiger partial charge in [0, 0.05) is 6.54 Å². The molecule has 1 rings (SSSR count). The van der Waals surface area contributed by atoms with Crippen LogP contribution >= 0.6 is 0 Å². The molecular formula is C13H21NO3. The SMILES string of the molecule is COc1cccc(CCNCCOCCO)c1. The number of ether oxygens (including phenoxy) is 2. The van der Waals surface area contributed by atoms with E-state index in [9.17, 15) is 0 Å². The molecule has 0 aliphatic heterocycles. The minimum absolute atomic E-state index is 0.0871. The van der Waals surface area contributed by atoms with Gasteiger partial charge in [0.2, 0.25) is 0 Å². The molecule has 0 heterocycles. The lowest BCUT2D eigenvalue weighted by Crippen LogP contribution is -2.22. The van der Waals surface area contributed by atoms with Crippen molar-refractivity contribution >= 4 is 0 Å². The fraction of sp³-hybridized carbons (Fsp3) is 0.538. The highest BCUT2D eigenvalue weighted by Gasteiger charge is 1.95. The summed E-state index contributed by atoms with van der Waals surface area (Å²) < 4.78 is 10.3. The molecule has 2 N–H and O–H groups in total.